The van der Waals surface area contributed by atoms with Crippen molar-refractivity contribution in [2.24, 2.45) is 5.73 Å². The standard InChI is InChI=1S/C17H19NO5S/c1-13-7-9-16(10-8-13)24(20,21)22-12-15(23-17(18)19)11-14-5-3-2-4-6-14/h2-10,15H,11-12H2,1H3,(H2,18,19). The first-order chi connectivity index (χ1) is 11.4. The van der Waals surface area contributed by atoms with Gasteiger partial charge in [0.25, 0.3) is 10.1 Å². The van der Waals surface area contributed by atoms with E-state index in [2.05, 4.69) is 0 Å². The third-order valence-electron chi connectivity index (χ3n) is 3.31. The highest BCUT2D eigenvalue weighted by molar-refractivity contribution is 7.86. The maximum atomic E-state index is 12.2. The predicted octanol–water partition coefficient (Wildman–Crippen LogP) is 2.41. The number of amides is 1. The Morgan fingerprint density at radius 1 is 1.08 bits per heavy atom. The van der Waals surface area contributed by atoms with Gasteiger partial charge in [0.1, 0.15) is 12.7 Å². The van der Waals surface area contributed by atoms with Crippen molar-refractivity contribution in [2.75, 3.05) is 6.61 Å². The summed E-state index contributed by atoms with van der Waals surface area (Å²) in [5.41, 5.74) is 6.86. The summed E-state index contributed by atoms with van der Waals surface area (Å²) in [6, 6.07) is 15.5. The van der Waals surface area contributed by atoms with E-state index < -0.39 is 22.3 Å². The molecule has 0 aliphatic carbocycles. The van der Waals surface area contributed by atoms with Gasteiger partial charge in [-0.25, -0.2) is 4.79 Å². The minimum Gasteiger partial charge on any atom is -0.444 e. The molecular formula is C17H19NO5S. The summed E-state index contributed by atoms with van der Waals surface area (Å²) in [7, 11) is -3.93. The SMILES string of the molecule is Cc1ccc(S(=O)(=O)OCC(Cc2ccccc2)OC(N)=O)cc1. The lowest BCUT2D eigenvalue weighted by Crippen LogP contribution is -2.30. The fraction of sp³-hybridized carbons (Fsp3) is 0.235. The van der Waals surface area contributed by atoms with Crippen molar-refractivity contribution in [1.82, 2.24) is 0 Å². The fourth-order valence-corrected chi connectivity index (χ4v) is 3.05. The lowest BCUT2D eigenvalue weighted by molar-refractivity contribution is 0.0735. The van der Waals surface area contributed by atoms with E-state index in [0.717, 1.165) is 11.1 Å². The topological polar surface area (TPSA) is 95.7 Å². The fourth-order valence-electron chi connectivity index (χ4n) is 2.11. The van der Waals surface area contributed by atoms with Gasteiger partial charge in [-0.3, -0.25) is 4.18 Å². The van der Waals surface area contributed by atoms with E-state index in [4.69, 9.17) is 14.7 Å². The molecule has 0 aromatic heterocycles. The molecule has 0 saturated carbocycles. The molecule has 0 aliphatic rings. The maximum Gasteiger partial charge on any atom is 0.404 e. The Labute approximate surface area is 141 Å². The number of carbonyl (C=O) groups is 1. The van der Waals surface area contributed by atoms with E-state index in [0.29, 0.717) is 6.42 Å². The highest BCUT2D eigenvalue weighted by Crippen LogP contribution is 2.15. The van der Waals surface area contributed by atoms with Crippen LogP contribution in [0.4, 0.5) is 4.79 Å². The molecule has 2 N–H and O–H groups in total. The van der Waals surface area contributed by atoms with Crippen LogP contribution in [0.5, 0.6) is 0 Å². The molecule has 7 heteroatoms. The molecule has 0 heterocycles. The lowest BCUT2D eigenvalue weighted by Gasteiger charge is -2.17. The second-order valence-electron chi connectivity index (χ2n) is 5.30. The molecule has 2 aromatic rings. The van der Waals surface area contributed by atoms with Crippen LogP contribution in [-0.2, 0) is 25.5 Å². The van der Waals surface area contributed by atoms with E-state index in [1.807, 2.05) is 37.3 Å². The van der Waals surface area contributed by atoms with Gasteiger partial charge < -0.3 is 10.5 Å². The molecule has 24 heavy (non-hydrogen) atoms. The van der Waals surface area contributed by atoms with Crippen molar-refractivity contribution >= 4 is 16.2 Å². The molecule has 1 amide bonds. The number of hydrogen-bond acceptors (Lipinski definition) is 5. The van der Waals surface area contributed by atoms with Gasteiger partial charge in [0.15, 0.2) is 0 Å². The summed E-state index contributed by atoms with van der Waals surface area (Å²) in [5.74, 6) is 0. The summed E-state index contributed by atoms with van der Waals surface area (Å²) in [6.07, 6.45) is -1.48. The largest absolute Gasteiger partial charge is 0.444 e. The van der Waals surface area contributed by atoms with Gasteiger partial charge in [-0.2, -0.15) is 8.42 Å². The number of benzene rings is 2. The molecule has 0 radical (unpaired) electrons. The Hall–Kier alpha value is -2.38. The molecule has 128 valence electrons. The highest BCUT2D eigenvalue weighted by atomic mass is 32.2. The van der Waals surface area contributed by atoms with Crippen LogP contribution in [0.15, 0.2) is 59.5 Å². The van der Waals surface area contributed by atoms with Gasteiger partial charge in [0, 0.05) is 6.42 Å². The predicted molar refractivity (Wildman–Crippen MR) is 88.9 cm³/mol. The number of aryl methyl sites for hydroxylation is 1. The van der Waals surface area contributed by atoms with Crippen LogP contribution in [0.25, 0.3) is 0 Å². The summed E-state index contributed by atoms with van der Waals surface area (Å²) < 4.78 is 34.4. The van der Waals surface area contributed by atoms with Crippen molar-refractivity contribution in [3.8, 4) is 0 Å². The Morgan fingerprint density at radius 3 is 2.29 bits per heavy atom. The van der Waals surface area contributed by atoms with E-state index in [9.17, 15) is 13.2 Å². The number of carbonyl (C=O) groups excluding carboxylic acids is 1. The first-order valence-electron chi connectivity index (χ1n) is 7.33. The molecule has 0 aliphatic heterocycles. The second-order valence-corrected chi connectivity index (χ2v) is 6.92. The van der Waals surface area contributed by atoms with Crippen LogP contribution in [0.3, 0.4) is 0 Å². The molecule has 0 fully saturated rings. The first-order valence-corrected chi connectivity index (χ1v) is 8.74. The maximum absolute atomic E-state index is 12.2. The third-order valence-corrected chi connectivity index (χ3v) is 4.60. The van der Waals surface area contributed by atoms with Crippen molar-refractivity contribution < 1.29 is 22.1 Å². The Morgan fingerprint density at radius 2 is 1.71 bits per heavy atom. The first kappa shape index (κ1) is 18.0. The molecule has 0 saturated heterocycles. The summed E-state index contributed by atoms with van der Waals surface area (Å²) in [6.45, 7) is 1.54. The van der Waals surface area contributed by atoms with Crippen LogP contribution in [-0.4, -0.2) is 27.2 Å². The summed E-state index contributed by atoms with van der Waals surface area (Å²) in [5, 5.41) is 0. The van der Waals surface area contributed by atoms with Gasteiger partial charge in [-0.15, -0.1) is 0 Å². The quantitative estimate of drug-likeness (QED) is 0.775. The Balaban J connectivity index is 2.06. The molecule has 0 spiro atoms. The zero-order chi connectivity index (χ0) is 17.6. The number of nitrogens with two attached hydrogens (primary N) is 1. The summed E-state index contributed by atoms with van der Waals surface area (Å²) in [4.78, 5) is 11.1. The number of hydrogen-bond donors (Lipinski definition) is 1. The second kappa shape index (κ2) is 7.94. The van der Waals surface area contributed by atoms with E-state index >= 15 is 0 Å². The van der Waals surface area contributed by atoms with Crippen molar-refractivity contribution in [1.29, 1.82) is 0 Å². The minimum atomic E-state index is -3.93. The van der Waals surface area contributed by atoms with Crippen molar-refractivity contribution in [3.05, 3.63) is 65.7 Å². The minimum absolute atomic E-state index is 0.0469. The smallest absolute Gasteiger partial charge is 0.404 e. The van der Waals surface area contributed by atoms with Crippen LogP contribution in [0.2, 0.25) is 0 Å². The van der Waals surface area contributed by atoms with Gasteiger partial charge in [-0.1, -0.05) is 48.0 Å². The van der Waals surface area contributed by atoms with Crippen molar-refractivity contribution in [2.45, 2.75) is 24.3 Å². The molecule has 2 rings (SSSR count). The molecular weight excluding hydrogens is 330 g/mol. The number of primary amides is 1. The molecule has 6 nitrogen and oxygen atoms in total. The Bertz CT molecular complexity index is 772. The monoisotopic (exact) mass is 349 g/mol. The van der Waals surface area contributed by atoms with Gasteiger partial charge >= 0.3 is 6.09 Å². The average Bonchev–Trinajstić information content (AvgIpc) is 2.54. The summed E-state index contributed by atoms with van der Waals surface area (Å²) >= 11 is 0. The zero-order valence-electron chi connectivity index (χ0n) is 13.2. The number of ether oxygens (including phenoxy) is 1. The molecule has 1 unspecified atom stereocenters. The highest BCUT2D eigenvalue weighted by Gasteiger charge is 2.21. The van der Waals surface area contributed by atoms with E-state index in [1.165, 1.54) is 12.1 Å². The zero-order valence-corrected chi connectivity index (χ0v) is 14.0. The molecule has 0 bridgehead atoms. The van der Waals surface area contributed by atoms with Crippen LogP contribution in [0.1, 0.15) is 11.1 Å². The average molecular weight is 349 g/mol. The van der Waals surface area contributed by atoms with Crippen molar-refractivity contribution in [3.63, 3.8) is 0 Å². The molecule has 1 atom stereocenters. The number of rotatable bonds is 7. The molecule has 2 aromatic carbocycles. The van der Waals surface area contributed by atoms with Crippen LogP contribution in [0, 0.1) is 6.92 Å². The van der Waals surface area contributed by atoms with E-state index in [-0.39, 0.29) is 11.5 Å². The van der Waals surface area contributed by atoms with E-state index in [1.54, 1.807) is 12.1 Å². The van der Waals surface area contributed by atoms with Crippen LogP contribution >= 0.6 is 0 Å². The third kappa shape index (κ3) is 5.36. The van der Waals surface area contributed by atoms with Gasteiger partial charge in [0.2, 0.25) is 0 Å². The van der Waals surface area contributed by atoms with Gasteiger partial charge in [-0.05, 0) is 24.6 Å². The van der Waals surface area contributed by atoms with Crippen LogP contribution < -0.4 is 5.73 Å². The lowest BCUT2D eigenvalue weighted by atomic mass is 10.1. The van der Waals surface area contributed by atoms with Gasteiger partial charge in [0.05, 0.1) is 4.90 Å². The Kier molecular flexibility index (Phi) is 5.94. The normalized spacial score (nSPS) is 12.5.